The van der Waals surface area contributed by atoms with Gasteiger partial charge in [-0.2, -0.15) is 0 Å². The molecule has 1 fully saturated rings. The monoisotopic (exact) mass is 414 g/mol. The van der Waals surface area contributed by atoms with Crippen molar-refractivity contribution in [1.82, 2.24) is 4.90 Å². The van der Waals surface area contributed by atoms with E-state index in [-0.39, 0.29) is 40.6 Å². The number of ether oxygens (including phenoxy) is 2. The van der Waals surface area contributed by atoms with Crippen LogP contribution in [0.25, 0.3) is 0 Å². The topological polar surface area (TPSA) is 134 Å². The predicted octanol–water partition coefficient (Wildman–Crippen LogP) is 2.06. The van der Waals surface area contributed by atoms with Gasteiger partial charge in [-0.05, 0) is 44.9 Å². The largest absolute Gasteiger partial charge is 0.508 e. The minimum atomic E-state index is -0.840. The summed E-state index contributed by atoms with van der Waals surface area (Å²) in [5.74, 6) is -2.82. The number of nitrogens with zero attached hydrogens (tertiary/aromatic N) is 1. The van der Waals surface area contributed by atoms with Crippen molar-refractivity contribution in [3.05, 3.63) is 46.2 Å². The van der Waals surface area contributed by atoms with Gasteiger partial charge in [0.2, 0.25) is 0 Å². The number of aliphatic hydroxyl groups is 1. The quantitative estimate of drug-likeness (QED) is 0.229. The molecule has 9 nitrogen and oxygen atoms in total. The Morgan fingerprint density at radius 1 is 1.23 bits per heavy atom. The molecule has 0 spiro atoms. The minimum absolute atomic E-state index is 0.0256. The van der Waals surface area contributed by atoms with Gasteiger partial charge >= 0.3 is 5.97 Å². The standard InChI is InChI=1S/C21H22N2O7/c1-11(22)18(12(2)24)17(25)10-30-21(28)13-5-6-15-16(8-13)20(27)23(19(15)26)9-14-4-3-7-29-14/h5-6,8,14,22,25H,3-4,7,9-10H2,1-2H3/b18-17-,22-11?. The van der Waals surface area contributed by atoms with Crippen LogP contribution in [0.3, 0.4) is 0 Å². The van der Waals surface area contributed by atoms with Crippen molar-refractivity contribution in [2.75, 3.05) is 19.8 Å². The number of Topliss-reactive ketones (excluding diaryl/α,β-unsaturated/α-hetero) is 1. The number of esters is 1. The number of allylic oxidation sites excluding steroid dienone is 1. The van der Waals surface area contributed by atoms with Crippen molar-refractivity contribution >= 4 is 29.3 Å². The lowest BCUT2D eigenvalue weighted by Gasteiger charge is -2.17. The summed E-state index contributed by atoms with van der Waals surface area (Å²) in [6.07, 6.45) is 1.48. The number of aliphatic hydroxyl groups excluding tert-OH is 1. The van der Waals surface area contributed by atoms with Crippen LogP contribution in [0.15, 0.2) is 29.5 Å². The van der Waals surface area contributed by atoms with Gasteiger partial charge in [0.15, 0.2) is 5.78 Å². The zero-order valence-corrected chi connectivity index (χ0v) is 16.7. The van der Waals surface area contributed by atoms with Crippen molar-refractivity contribution in [2.24, 2.45) is 0 Å². The minimum Gasteiger partial charge on any atom is -0.508 e. The molecule has 2 aliphatic heterocycles. The van der Waals surface area contributed by atoms with Crippen LogP contribution in [0.4, 0.5) is 0 Å². The van der Waals surface area contributed by atoms with Crippen LogP contribution >= 0.6 is 0 Å². The van der Waals surface area contributed by atoms with Crippen LogP contribution in [0.1, 0.15) is 57.8 Å². The third kappa shape index (κ3) is 4.16. The Hall–Kier alpha value is -3.33. The zero-order chi connectivity index (χ0) is 22.0. The SMILES string of the molecule is CC(=N)/C(C(C)=O)=C(/O)COC(=O)c1ccc2c(c1)C(=O)N(CC1CCCO1)C2=O. The van der Waals surface area contributed by atoms with Gasteiger partial charge in [0.25, 0.3) is 11.8 Å². The summed E-state index contributed by atoms with van der Waals surface area (Å²) in [5, 5.41) is 17.5. The Balaban J connectivity index is 1.73. The second kappa shape index (κ2) is 8.58. The molecular formula is C21H22N2O7. The number of benzene rings is 1. The Labute approximate surface area is 172 Å². The first-order valence-electron chi connectivity index (χ1n) is 9.48. The molecule has 1 saturated heterocycles. The number of imide groups is 1. The zero-order valence-electron chi connectivity index (χ0n) is 16.7. The Morgan fingerprint density at radius 3 is 2.53 bits per heavy atom. The molecule has 0 aliphatic carbocycles. The van der Waals surface area contributed by atoms with E-state index < -0.39 is 35.9 Å². The molecule has 2 amide bonds. The lowest BCUT2D eigenvalue weighted by Crippen LogP contribution is -2.36. The maximum atomic E-state index is 12.7. The number of fused-ring (bicyclic) bond motifs is 1. The van der Waals surface area contributed by atoms with E-state index >= 15 is 0 Å². The molecule has 158 valence electrons. The third-order valence-electron chi connectivity index (χ3n) is 4.97. The first-order valence-corrected chi connectivity index (χ1v) is 9.48. The van der Waals surface area contributed by atoms with Crippen molar-refractivity contribution in [3.8, 4) is 0 Å². The second-order valence-electron chi connectivity index (χ2n) is 7.20. The highest BCUT2D eigenvalue weighted by Gasteiger charge is 2.38. The summed E-state index contributed by atoms with van der Waals surface area (Å²) in [6, 6.07) is 4.03. The molecule has 1 unspecified atom stereocenters. The fraction of sp³-hybridized carbons (Fsp3) is 0.381. The molecule has 0 saturated carbocycles. The highest BCUT2D eigenvalue weighted by Crippen LogP contribution is 2.26. The number of hydrogen-bond acceptors (Lipinski definition) is 8. The van der Waals surface area contributed by atoms with E-state index in [1.165, 1.54) is 32.0 Å². The average molecular weight is 414 g/mol. The van der Waals surface area contributed by atoms with E-state index in [4.69, 9.17) is 14.9 Å². The average Bonchev–Trinajstić information content (AvgIpc) is 3.28. The first kappa shape index (κ1) is 21.4. The fourth-order valence-electron chi connectivity index (χ4n) is 3.55. The van der Waals surface area contributed by atoms with Gasteiger partial charge in [-0.3, -0.25) is 19.3 Å². The molecule has 3 rings (SSSR count). The Kier molecular flexibility index (Phi) is 6.12. The lowest BCUT2D eigenvalue weighted by atomic mass is 10.1. The number of carbonyl (C=O) groups excluding carboxylic acids is 4. The predicted molar refractivity (Wildman–Crippen MR) is 105 cm³/mol. The maximum Gasteiger partial charge on any atom is 0.338 e. The van der Waals surface area contributed by atoms with E-state index in [9.17, 15) is 24.3 Å². The molecule has 2 N–H and O–H groups in total. The van der Waals surface area contributed by atoms with Crippen molar-refractivity contribution in [1.29, 1.82) is 5.41 Å². The highest BCUT2D eigenvalue weighted by molar-refractivity contribution is 6.22. The molecule has 1 aromatic carbocycles. The van der Waals surface area contributed by atoms with Crippen molar-refractivity contribution < 1.29 is 33.8 Å². The van der Waals surface area contributed by atoms with Crippen LogP contribution < -0.4 is 0 Å². The first-order chi connectivity index (χ1) is 14.2. The second-order valence-corrected chi connectivity index (χ2v) is 7.20. The summed E-state index contributed by atoms with van der Waals surface area (Å²) in [6.45, 7) is 2.70. The highest BCUT2D eigenvalue weighted by atomic mass is 16.5. The van der Waals surface area contributed by atoms with E-state index in [0.717, 1.165) is 17.7 Å². The van der Waals surface area contributed by atoms with Gasteiger partial charge in [-0.1, -0.05) is 0 Å². The summed E-state index contributed by atoms with van der Waals surface area (Å²) in [4.78, 5) is 50.2. The van der Waals surface area contributed by atoms with Crippen molar-refractivity contribution in [2.45, 2.75) is 32.8 Å². The van der Waals surface area contributed by atoms with E-state index in [1.807, 2.05) is 0 Å². The molecule has 1 atom stereocenters. The fourth-order valence-corrected chi connectivity index (χ4v) is 3.55. The van der Waals surface area contributed by atoms with Crippen LogP contribution in [0, 0.1) is 5.41 Å². The van der Waals surface area contributed by atoms with Gasteiger partial charge < -0.3 is 20.0 Å². The van der Waals surface area contributed by atoms with Gasteiger partial charge in [-0.25, -0.2) is 4.79 Å². The van der Waals surface area contributed by atoms with Gasteiger partial charge in [0.1, 0.15) is 12.4 Å². The van der Waals surface area contributed by atoms with E-state index in [1.54, 1.807) is 0 Å². The van der Waals surface area contributed by atoms with E-state index in [2.05, 4.69) is 0 Å². The van der Waals surface area contributed by atoms with Gasteiger partial charge in [0.05, 0.1) is 34.9 Å². The molecule has 30 heavy (non-hydrogen) atoms. The number of hydrogen-bond donors (Lipinski definition) is 2. The number of amides is 2. The molecule has 9 heteroatoms. The molecule has 2 heterocycles. The molecule has 0 bridgehead atoms. The van der Waals surface area contributed by atoms with Crippen LogP contribution in [0.2, 0.25) is 0 Å². The van der Waals surface area contributed by atoms with Crippen LogP contribution in [-0.4, -0.2) is 65.1 Å². The van der Waals surface area contributed by atoms with Crippen LogP contribution in [-0.2, 0) is 14.3 Å². The van der Waals surface area contributed by atoms with E-state index in [0.29, 0.717) is 6.61 Å². The van der Waals surface area contributed by atoms with Crippen molar-refractivity contribution in [3.63, 3.8) is 0 Å². The van der Waals surface area contributed by atoms with Gasteiger partial charge in [0, 0.05) is 12.3 Å². The Bertz CT molecular complexity index is 958. The smallest absolute Gasteiger partial charge is 0.338 e. The number of carbonyl (C=O) groups is 4. The molecule has 0 aromatic heterocycles. The number of rotatable bonds is 7. The van der Waals surface area contributed by atoms with Gasteiger partial charge in [-0.15, -0.1) is 0 Å². The molecule has 2 aliphatic rings. The van der Waals surface area contributed by atoms with Crippen LogP contribution in [0.5, 0.6) is 0 Å². The Morgan fingerprint density at radius 2 is 1.93 bits per heavy atom. The number of nitrogens with one attached hydrogen (secondary N) is 1. The molecular weight excluding hydrogens is 392 g/mol. The normalized spacial score (nSPS) is 18.9. The summed E-state index contributed by atoms with van der Waals surface area (Å²) in [5.41, 5.74) is -0.0356. The lowest BCUT2D eigenvalue weighted by molar-refractivity contribution is -0.113. The summed E-state index contributed by atoms with van der Waals surface area (Å²) < 4.78 is 10.5. The third-order valence-corrected chi connectivity index (χ3v) is 4.97. The number of ketones is 1. The molecule has 1 aromatic rings. The maximum absolute atomic E-state index is 12.7. The summed E-state index contributed by atoms with van der Waals surface area (Å²) >= 11 is 0. The summed E-state index contributed by atoms with van der Waals surface area (Å²) in [7, 11) is 0. The molecule has 0 radical (unpaired) electrons.